The lowest BCUT2D eigenvalue weighted by atomic mass is 9.98. The average molecular weight is 494 g/mol. The Bertz CT molecular complexity index is 1240. The highest BCUT2D eigenvalue weighted by Gasteiger charge is 2.35. The molecule has 2 aliphatic heterocycles. The van der Waals surface area contributed by atoms with E-state index >= 15 is 0 Å². The van der Waals surface area contributed by atoms with E-state index in [1.165, 1.54) is 12.1 Å². The van der Waals surface area contributed by atoms with Crippen LogP contribution < -0.4 is 9.47 Å². The van der Waals surface area contributed by atoms with Crippen molar-refractivity contribution < 1.29 is 18.7 Å². The fourth-order valence-electron chi connectivity index (χ4n) is 4.09. The molecule has 0 fully saturated rings. The van der Waals surface area contributed by atoms with Crippen molar-refractivity contribution in [3.8, 4) is 11.5 Å². The van der Waals surface area contributed by atoms with Gasteiger partial charge < -0.3 is 9.47 Å². The summed E-state index contributed by atoms with van der Waals surface area (Å²) in [7, 11) is 0. The van der Waals surface area contributed by atoms with Crippen molar-refractivity contribution in [3.05, 3.63) is 98.5 Å². The molecule has 0 saturated heterocycles. The second kappa shape index (κ2) is 8.52. The first-order chi connectivity index (χ1) is 15.5. The van der Waals surface area contributed by atoms with E-state index < -0.39 is 0 Å². The van der Waals surface area contributed by atoms with Crippen LogP contribution in [0.4, 0.5) is 4.39 Å². The number of ether oxygens (including phenoxy) is 2. The van der Waals surface area contributed by atoms with Gasteiger partial charge in [0.1, 0.15) is 24.0 Å². The van der Waals surface area contributed by atoms with Crippen molar-refractivity contribution >= 4 is 27.8 Å². The van der Waals surface area contributed by atoms with Gasteiger partial charge in [-0.25, -0.2) is 4.39 Å². The number of fused-ring (bicyclic) bond motifs is 3. The molecule has 4 nitrogen and oxygen atoms in total. The van der Waals surface area contributed by atoms with Crippen LogP contribution in [-0.4, -0.2) is 24.0 Å². The molecule has 2 heterocycles. The summed E-state index contributed by atoms with van der Waals surface area (Å²) in [5, 5.41) is 0. The molecular formula is C26H21BrFNO3. The molecule has 32 heavy (non-hydrogen) atoms. The van der Waals surface area contributed by atoms with E-state index in [0.717, 1.165) is 45.4 Å². The minimum Gasteiger partial charge on any atom is -0.478 e. The van der Waals surface area contributed by atoms with E-state index in [9.17, 15) is 9.18 Å². The lowest BCUT2D eigenvalue weighted by Gasteiger charge is -2.30. The minimum atomic E-state index is -0.233. The van der Waals surface area contributed by atoms with E-state index in [4.69, 9.17) is 9.47 Å². The Labute approximate surface area is 194 Å². The molecular weight excluding hydrogens is 473 g/mol. The molecule has 5 rings (SSSR count). The Balaban J connectivity index is 1.40. The molecule has 0 atom stereocenters. The summed E-state index contributed by atoms with van der Waals surface area (Å²) in [6, 6.07) is 16.2. The second-order valence-electron chi connectivity index (χ2n) is 8.04. The lowest BCUT2D eigenvalue weighted by Crippen LogP contribution is -2.33. The summed E-state index contributed by atoms with van der Waals surface area (Å²) >= 11 is 3.52. The van der Waals surface area contributed by atoms with Gasteiger partial charge in [0, 0.05) is 17.6 Å². The summed E-state index contributed by atoms with van der Waals surface area (Å²) in [5.41, 5.74) is 4.29. The maximum Gasteiger partial charge on any atom is 0.232 e. The van der Waals surface area contributed by atoms with Crippen molar-refractivity contribution in [3.63, 3.8) is 0 Å². The molecule has 0 aliphatic carbocycles. The maximum atomic E-state index is 13.2. The van der Waals surface area contributed by atoms with Gasteiger partial charge in [0.25, 0.3) is 0 Å². The van der Waals surface area contributed by atoms with Crippen molar-refractivity contribution in [2.24, 2.45) is 0 Å². The standard InChI is InChI=1S/C26H21BrFNO3/c1-16-12-22-20(14-29(15-31-22)11-10-17-6-8-19(28)9-7-17)26-24(16)25(30)23(32-26)13-18-4-2-3-5-21(18)27/h2-9,12-13H,10-11,14-15H2,1H3/b23-13+. The van der Waals surface area contributed by atoms with Crippen LogP contribution in [0.2, 0.25) is 0 Å². The highest BCUT2D eigenvalue weighted by Crippen LogP contribution is 2.44. The third-order valence-electron chi connectivity index (χ3n) is 5.81. The third-order valence-corrected chi connectivity index (χ3v) is 6.53. The normalized spacial score (nSPS) is 16.5. The maximum absolute atomic E-state index is 13.2. The number of rotatable bonds is 4. The van der Waals surface area contributed by atoms with Gasteiger partial charge in [-0.05, 0) is 60.4 Å². The van der Waals surface area contributed by atoms with Gasteiger partial charge in [-0.3, -0.25) is 9.69 Å². The Morgan fingerprint density at radius 2 is 1.94 bits per heavy atom. The van der Waals surface area contributed by atoms with Crippen LogP contribution in [0.15, 0.2) is 64.8 Å². The molecule has 0 N–H and O–H groups in total. The molecule has 0 radical (unpaired) electrons. The lowest BCUT2D eigenvalue weighted by molar-refractivity contribution is 0.0949. The Morgan fingerprint density at radius 3 is 2.72 bits per heavy atom. The highest BCUT2D eigenvalue weighted by molar-refractivity contribution is 9.10. The summed E-state index contributed by atoms with van der Waals surface area (Å²) in [4.78, 5) is 15.3. The number of halogens is 2. The van der Waals surface area contributed by atoms with Gasteiger partial charge in [-0.15, -0.1) is 0 Å². The van der Waals surface area contributed by atoms with Crippen LogP contribution in [0.25, 0.3) is 6.08 Å². The monoisotopic (exact) mass is 493 g/mol. The van der Waals surface area contributed by atoms with E-state index in [0.29, 0.717) is 30.3 Å². The zero-order valence-electron chi connectivity index (χ0n) is 17.5. The van der Waals surface area contributed by atoms with Crippen molar-refractivity contribution in [2.75, 3.05) is 13.3 Å². The fraction of sp³-hybridized carbons (Fsp3) is 0.192. The number of allylic oxidation sites excluding steroid dienone is 1. The van der Waals surface area contributed by atoms with Gasteiger partial charge in [0.2, 0.25) is 5.78 Å². The Kier molecular flexibility index (Phi) is 5.57. The zero-order valence-corrected chi connectivity index (χ0v) is 19.1. The number of hydrogen-bond donors (Lipinski definition) is 0. The van der Waals surface area contributed by atoms with Crippen LogP contribution in [0.5, 0.6) is 11.5 Å². The number of Topliss-reactive ketones (excluding diaryl/α,β-unsaturated/α-hetero) is 1. The zero-order chi connectivity index (χ0) is 22.2. The first-order valence-corrected chi connectivity index (χ1v) is 11.2. The number of ketones is 1. The SMILES string of the molecule is Cc1cc2c(c3c1C(=O)/C(=C\c1ccccc1Br)O3)CN(CCc1ccc(F)cc1)CO2. The van der Waals surface area contributed by atoms with E-state index in [-0.39, 0.29) is 11.6 Å². The van der Waals surface area contributed by atoms with Gasteiger partial charge in [-0.1, -0.05) is 46.3 Å². The molecule has 3 aromatic carbocycles. The van der Waals surface area contributed by atoms with Crippen LogP contribution in [0.1, 0.15) is 32.6 Å². The molecule has 3 aromatic rings. The fourth-order valence-corrected chi connectivity index (χ4v) is 4.49. The molecule has 2 aliphatic rings. The number of hydrogen-bond acceptors (Lipinski definition) is 4. The quantitative estimate of drug-likeness (QED) is 0.423. The van der Waals surface area contributed by atoms with Crippen LogP contribution in [0.3, 0.4) is 0 Å². The molecule has 0 unspecified atom stereocenters. The number of nitrogens with zero attached hydrogens (tertiary/aromatic N) is 1. The van der Waals surface area contributed by atoms with E-state index in [1.807, 2.05) is 37.3 Å². The third kappa shape index (κ3) is 3.96. The number of benzene rings is 3. The second-order valence-corrected chi connectivity index (χ2v) is 8.89. The molecule has 0 saturated carbocycles. The van der Waals surface area contributed by atoms with Crippen molar-refractivity contribution in [1.29, 1.82) is 0 Å². The smallest absolute Gasteiger partial charge is 0.232 e. The minimum absolute atomic E-state index is 0.112. The topological polar surface area (TPSA) is 38.8 Å². The van der Waals surface area contributed by atoms with Gasteiger partial charge >= 0.3 is 0 Å². The predicted molar refractivity (Wildman–Crippen MR) is 124 cm³/mol. The predicted octanol–water partition coefficient (Wildman–Crippen LogP) is 5.91. The van der Waals surface area contributed by atoms with E-state index in [2.05, 4.69) is 20.8 Å². The van der Waals surface area contributed by atoms with Gasteiger partial charge in [0.05, 0.1) is 11.1 Å². The molecule has 0 amide bonds. The number of carbonyl (C=O) groups is 1. The average Bonchev–Trinajstić information content (AvgIpc) is 3.12. The van der Waals surface area contributed by atoms with Crippen LogP contribution in [0, 0.1) is 12.7 Å². The molecule has 162 valence electrons. The summed E-state index contributed by atoms with van der Waals surface area (Å²) in [6.07, 6.45) is 2.55. The molecule has 6 heteroatoms. The van der Waals surface area contributed by atoms with Gasteiger partial charge in [-0.2, -0.15) is 0 Å². The first-order valence-electron chi connectivity index (χ1n) is 10.4. The van der Waals surface area contributed by atoms with Crippen molar-refractivity contribution in [1.82, 2.24) is 4.90 Å². The summed E-state index contributed by atoms with van der Waals surface area (Å²) in [5.74, 6) is 1.32. The largest absolute Gasteiger partial charge is 0.478 e. The Morgan fingerprint density at radius 1 is 1.16 bits per heavy atom. The Hall–Kier alpha value is -2.96. The van der Waals surface area contributed by atoms with Crippen molar-refractivity contribution in [2.45, 2.75) is 19.9 Å². The molecule has 0 bridgehead atoms. The molecule has 0 spiro atoms. The number of carbonyl (C=O) groups excluding carboxylic acids is 1. The van der Waals surface area contributed by atoms with E-state index in [1.54, 1.807) is 18.2 Å². The number of aryl methyl sites for hydroxylation is 1. The first kappa shape index (κ1) is 20.9. The summed E-state index contributed by atoms with van der Waals surface area (Å²) in [6.45, 7) is 3.74. The van der Waals surface area contributed by atoms with Crippen LogP contribution >= 0.6 is 15.9 Å². The van der Waals surface area contributed by atoms with Gasteiger partial charge in [0.15, 0.2) is 5.76 Å². The highest BCUT2D eigenvalue weighted by atomic mass is 79.9. The summed E-state index contributed by atoms with van der Waals surface area (Å²) < 4.78 is 26.2. The van der Waals surface area contributed by atoms with Crippen LogP contribution in [-0.2, 0) is 13.0 Å². The molecule has 0 aromatic heterocycles.